The minimum absolute atomic E-state index is 0.178. The number of anilines is 2. The second kappa shape index (κ2) is 8.28. The first-order valence-electron chi connectivity index (χ1n) is 9.70. The van der Waals surface area contributed by atoms with Crippen LogP contribution in [-0.2, 0) is 6.42 Å². The number of benzene rings is 3. The predicted octanol–water partition coefficient (Wildman–Crippen LogP) is 5.63. The van der Waals surface area contributed by atoms with Gasteiger partial charge in [-0.15, -0.1) is 0 Å². The molecule has 0 radical (unpaired) electrons. The van der Waals surface area contributed by atoms with Crippen LogP contribution in [-0.4, -0.2) is 18.4 Å². The second-order valence-electron chi connectivity index (χ2n) is 7.33. The molecule has 0 aliphatic carbocycles. The third-order valence-corrected chi connectivity index (χ3v) is 5.63. The number of hydrogen-bond acceptors (Lipinski definition) is 2. The highest BCUT2D eigenvalue weighted by atomic mass is 35.5. The van der Waals surface area contributed by atoms with Gasteiger partial charge in [0.25, 0.3) is 11.8 Å². The van der Waals surface area contributed by atoms with Gasteiger partial charge >= 0.3 is 0 Å². The summed E-state index contributed by atoms with van der Waals surface area (Å²) in [4.78, 5) is 27.3. The Kier molecular flexibility index (Phi) is 5.55. The summed E-state index contributed by atoms with van der Waals surface area (Å²) in [6.45, 7) is 2.48. The Hall–Kier alpha value is -3.18. The monoisotopic (exact) mass is 422 g/mol. The quantitative estimate of drug-likeness (QED) is 0.594. The largest absolute Gasteiger partial charge is 0.322 e. The predicted molar refractivity (Wildman–Crippen MR) is 117 cm³/mol. The van der Waals surface area contributed by atoms with Crippen LogP contribution in [0.4, 0.5) is 15.8 Å². The topological polar surface area (TPSA) is 49.4 Å². The zero-order chi connectivity index (χ0) is 21.3. The van der Waals surface area contributed by atoms with Crippen molar-refractivity contribution >= 4 is 34.8 Å². The molecule has 1 N–H and O–H groups in total. The lowest BCUT2D eigenvalue weighted by Gasteiger charge is -2.30. The molecular formula is C24H20ClFN2O2. The van der Waals surface area contributed by atoms with Crippen molar-refractivity contribution in [2.75, 3.05) is 16.8 Å². The molecule has 0 spiro atoms. The zero-order valence-corrected chi connectivity index (χ0v) is 17.2. The normalized spacial score (nSPS) is 13.0. The Bertz CT molecular complexity index is 1130. The van der Waals surface area contributed by atoms with Gasteiger partial charge in [-0.2, -0.15) is 0 Å². The molecule has 0 saturated heterocycles. The van der Waals surface area contributed by atoms with E-state index in [9.17, 15) is 14.0 Å². The van der Waals surface area contributed by atoms with Crippen molar-refractivity contribution in [2.45, 2.75) is 19.8 Å². The number of nitrogens with zero attached hydrogens (tertiary/aromatic N) is 1. The summed E-state index contributed by atoms with van der Waals surface area (Å²) in [6, 6.07) is 16.2. The lowest BCUT2D eigenvalue weighted by Crippen LogP contribution is -2.35. The SMILES string of the molecule is Cc1ccc(NC(=O)c2ccc3c(c2)CCCN3C(=O)c2ccc(F)cc2)cc1Cl. The summed E-state index contributed by atoms with van der Waals surface area (Å²) in [7, 11) is 0. The molecule has 3 aromatic carbocycles. The van der Waals surface area contributed by atoms with Crippen molar-refractivity contribution < 1.29 is 14.0 Å². The Morgan fingerprint density at radius 2 is 1.73 bits per heavy atom. The van der Waals surface area contributed by atoms with Crippen molar-refractivity contribution in [3.8, 4) is 0 Å². The van der Waals surface area contributed by atoms with Crippen molar-refractivity contribution in [3.05, 3.63) is 93.8 Å². The van der Waals surface area contributed by atoms with Gasteiger partial charge in [-0.25, -0.2) is 4.39 Å². The molecule has 0 saturated carbocycles. The van der Waals surface area contributed by atoms with E-state index in [0.29, 0.717) is 28.4 Å². The average Bonchev–Trinajstić information content (AvgIpc) is 2.75. The summed E-state index contributed by atoms with van der Waals surface area (Å²) in [5.74, 6) is -0.793. The van der Waals surface area contributed by atoms with E-state index in [1.807, 2.05) is 19.1 Å². The first-order valence-corrected chi connectivity index (χ1v) is 10.1. The number of carbonyl (C=O) groups excluding carboxylic acids is 2. The van der Waals surface area contributed by atoms with Gasteiger partial charge in [0.1, 0.15) is 5.82 Å². The molecule has 2 amide bonds. The van der Waals surface area contributed by atoms with E-state index < -0.39 is 0 Å². The van der Waals surface area contributed by atoms with Crippen molar-refractivity contribution in [1.29, 1.82) is 0 Å². The fourth-order valence-corrected chi connectivity index (χ4v) is 3.75. The highest BCUT2D eigenvalue weighted by molar-refractivity contribution is 6.31. The lowest BCUT2D eigenvalue weighted by molar-refractivity contribution is 0.0984. The van der Waals surface area contributed by atoms with Gasteiger partial charge in [-0.05, 0) is 85.5 Å². The lowest BCUT2D eigenvalue weighted by atomic mass is 9.98. The molecule has 0 aromatic heterocycles. The third-order valence-electron chi connectivity index (χ3n) is 5.23. The van der Waals surface area contributed by atoms with Gasteiger partial charge < -0.3 is 10.2 Å². The van der Waals surface area contributed by atoms with Crippen LogP contribution >= 0.6 is 11.6 Å². The van der Waals surface area contributed by atoms with E-state index in [0.717, 1.165) is 29.7 Å². The summed E-state index contributed by atoms with van der Waals surface area (Å²) in [5, 5.41) is 3.45. The van der Waals surface area contributed by atoms with Crippen LogP contribution in [0.5, 0.6) is 0 Å². The highest BCUT2D eigenvalue weighted by Crippen LogP contribution is 2.30. The van der Waals surface area contributed by atoms with E-state index in [2.05, 4.69) is 5.32 Å². The summed E-state index contributed by atoms with van der Waals surface area (Å²) in [5.41, 5.74) is 4.23. The molecule has 1 aliphatic rings. The number of fused-ring (bicyclic) bond motifs is 1. The third kappa shape index (κ3) is 4.07. The Morgan fingerprint density at radius 1 is 1.00 bits per heavy atom. The highest BCUT2D eigenvalue weighted by Gasteiger charge is 2.24. The smallest absolute Gasteiger partial charge is 0.258 e. The first kappa shape index (κ1) is 20.1. The minimum Gasteiger partial charge on any atom is -0.322 e. The molecule has 3 aromatic rings. The first-order chi connectivity index (χ1) is 14.4. The van der Waals surface area contributed by atoms with Crippen LogP contribution in [0.1, 0.15) is 38.3 Å². The summed E-state index contributed by atoms with van der Waals surface area (Å²) in [6.07, 6.45) is 1.57. The molecule has 4 nitrogen and oxygen atoms in total. The maximum Gasteiger partial charge on any atom is 0.258 e. The molecule has 1 heterocycles. The molecular weight excluding hydrogens is 403 g/mol. The van der Waals surface area contributed by atoms with Crippen LogP contribution in [0.25, 0.3) is 0 Å². The number of amides is 2. The number of aryl methyl sites for hydroxylation is 2. The molecule has 30 heavy (non-hydrogen) atoms. The number of halogens is 2. The number of carbonyl (C=O) groups is 2. The van der Waals surface area contributed by atoms with Gasteiger partial charge in [0, 0.05) is 34.1 Å². The number of nitrogens with one attached hydrogen (secondary N) is 1. The fraction of sp³-hybridized carbons (Fsp3) is 0.167. The van der Waals surface area contributed by atoms with Crippen molar-refractivity contribution in [1.82, 2.24) is 0 Å². The number of rotatable bonds is 3. The van der Waals surface area contributed by atoms with Crippen molar-refractivity contribution in [3.63, 3.8) is 0 Å². The van der Waals surface area contributed by atoms with E-state index in [1.54, 1.807) is 29.2 Å². The molecule has 4 rings (SSSR count). The Morgan fingerprint density at radius 3 is 2.47 bits per heavy atom. The Balaban J connectivity index is 1.56. The van der Waals surface area contributed by atoms with Gasteiger partial charge in [0.05, 0.1) is 0 Å². The van der Waals surface area contributed by atoms with E-state index >= 15 is 0 Å². The van der Waals surface area contributed by atoms with Crippen LogP contribution in [0.15, 0.2) is 60.7 Å². The van der Waals surface area contributed by atoms with Gasteiger partial charge in [-0.1, -0.05) is 17.7 Å². The number of hydrogen-bond donors (Lipinski definition) is 1. The fourth-order valence-electron chi connectivity index (χ4n) is 3.57. The molecule has 1 aliphatic heterocycles. The molecule has 0 atom stereocenters. The molecule has 152 valence electrons. The molecule has 0 fully saturated rings. The van der Waals surface area contributed by atoms with Gasteiger partial charge in [-0.3, -0.25) is 9.59 Å². The van der Waals surface area contributed by atoms with E-state index in [-0.39, 0.29) is 17.6 Å². The standard InChI is InChI=1S/C24H20ClFN2O2/c1-15-4-10-20(14-21(15)25)27-23(29)18-7-11-22-17(13-18)3-2-12-28(22)24(30)16-5-8-19(26)9-6-16/h4-11,13-14H,2-3,12H2,1H3,(H,27,29). The second-order valence-corrected chi connectivity index (χ2v) is 7.74. The maximum atomic E-state index is 13.2. The van der Waals surface area contributed by atoms with E-state index in [1.165, 1.54) is 24.3 Å². The van der Waals surface area contributed by atoms with Crippen LogP contribution < -0.4 is 10.2 Å². The van der Waals surface area contributed by atoms with Crippen LogP contribution in [0.2, 0.25) is 5.02 Å². The molecule has 0 unspecified atom stereocenters. The molecule has 0 bridgehead atoms. The van der Waals surface area contributed by atoms with E-state index in [4.69, 9.17) is 11.6 Å². The summed E-state index contributed by atoms with van der Waals surface area (Å²) >= 11 is 6.13. The zero-order valence-electron chi connectivity index (χ0n) is 16.4. The van der Waals surface area contributed by atoms with Crippen LogP contribution in [0.3, 0.4) is 0 Å². The van der Waals surface area contributed by atoms with Gasteiger partial charge in [0.2, 0.25) is 0 Å². The van der Waals surface area contributed by atoms with Crippen molar-refractivity contribution in [2.24, 2.45) is 0 Å². The molecule has 6 heteroatoms. The van der Waals surface area contributed by atoms with Gasteiger partial charge in [0.15, 0.2) is 0 Å². The Labute approximate surface area is 179 Å². The average molecular weight is 423 g/mol. The summed E-state index contributed by atoms with van der Waals surface area (Å²) < 4.78 is 13.2. The maximum absolute atomic E-state index is 13.2. The van der Waals surface area contributed by atoms with Crippen LogP contribution in [0, 0.1) is 12.7 Å². The minimum atomic E-state index is -0.379.